The van der Waals surface area contributed by atoms with Gasteiger partial charge >= 0.3 is 0 Å². The highest BCUT2D eigenvalue weighted by molar-refractivity contribution is 6.30. The third kappa shape index (κ3) is 4.70. The van der Waals surface area contributed by atoms with Crippen molar-refractivity contribution in [3.8, 4) is 0 Å². The molecule has 0 spiro atoms. The fourth-order valence-corrected chi connectivity index (χ4v) is 4.16. The second kappa shape index (κ2) is 9.07. The van der Waals surface area contributed by atoms with Gasteiger partial charge in [-0.05, 0) is 63.4 Å². The molecule has 1 aromatic carbocycles. The van der Waals surface area contributed by atoms with E-state index in [4.69, 9.17) is 16.3 Å². The summed E-state index contributed by atoms with van der Waals surface area (Å²) in [5.41, 5.74) is 1.38. The summed E-state index contributed by atoms with van der Waals surface area (Å²) >= 11 is 5.99. The topological polar surface area (TPSA) is 48.9 Å². The Morgan fingerprint density at radius 2 is 1.88 bits per heavy atom. The quantitative estimate of drug-likeness (QED) is 0.610. The van der Waals surface area contributed by atoms with Gasteiger partial charge in [0.2, 0.25) is 0 Å². The number of ether oxygens (including phenoxy) is 1. The number of aliphatic imine (C=N–C) groups is 1. The predicted octanol–water partition coefficient (Wildman–Crippen LogP) is 3.21. The van der Waals surface area contributed by atoms with E-state index in [0.29, 0.717) is 0 Å². The van der Waals surface area contributed by atoms with Crippen molar-refractivity contribution in [3.63, 3.8) is 0 Å². The van der Waals surface area contributed by atoms with Crippen LogP contribution in [0.3, 0.4) is 0 Å². The molecule has 2 N–H and O–H groups in total. The third-order valence-electron chi connectivity index (χ3n) is 5.73. The fraction of sp³-hybridized carbons (Fsp3) is 0.650. The van der Waals surface area contributed by atoms with Gasteiger partial charge in [0.25, 0.3) is 0 Å². The first-order valence-corrected chi connectivity index (χ1v) is 10.1. The van der Waals surface area contributed by atoms with Gasteiger partial charge in [-0.15, -0.1) is 0 Å². The Labute approximate surface area is 162 Å². The van der Waals surface area contributed by atoms with Crippen LogP contribution in [-0.4, -0.2) is 56.3 Å². The van der Waals surface area contributed by atoms with Crippen LogP contribution in [0.4, 0.5) is 0 Å². The number of rotatable bonds is 5. The number of nitrogens with one attached hydrogen (secondary N) is 2. The number of benzene rings is 1. The van der Waals surface area contributed by atoms with E-state index in [9.17, 15) is 0 Å². The van der Waals surface area contributed by atoms with Gasteiger partial charge < -0.3 is 15.4 Å². The normalized spacial score (nSPS) is 22.2. The summed E-state index contributed by atoms with van der Waals surface area (Å²) in [5, 5.41) is 7.84. The van der Waals surface area contributed by atoms with Gasteiger partial charge in [0.05, 0.1) is 6.04 Å². The molecular formula is C20H31ClN4O. The molecule has 5 nitrogen and oxygen atoms in total. The Morgan fingerprint density at radius 3 is 2.50 bits per heavy atom. The van der Waals surface area contributed by atoms with Gasteiger partial charge in [-0.2, -0.15) is 0 Å². The maximum Gasteiger partial charge on any atom is 0.191 e. The van der Waals surface area contributed by atoms with E-state index in [1.54, 1.807) is 0 Å². The predicted molar refractivity (Wildman–Crippen MR) is 108 cm³/mol. The summed E-state index contributed by atoms with van der Waals surface area (Å²) in [6, 6.07) is 8.12. The maximum absolute atomic E-state index is 5.99. The number of guanidine groups is 1. The molecule has 0 saturated carbocycles. The Hall–Kier alpha value is -1.30. The van der Waals surface area contributed by atoms with Crippen molar-refractivity contribution in [2.24, 2.45) is 4.99 Å². The van der Waals surface area contributed by atoms with Gasteiger partial charge in [-0.3, -0.25) is 9.89 Å². The largest absolute Gasteiger partial charge is 0.381 e. The summed E-state index contributed by atoms with van der Waals surface area (Å²) in [4.78, 5) is 7.10. The number of nitrogens with zero attached hydrogens (tertiary/aromatic N) is 2. The summed E-state index contributed by atoms with van der Waals surface area (Å²) < 4.78 is 5.64. The molecule has 6 heteroatoms. The first kappa shape index (κ1) is 19.5. The van der Waals surface area contributed by atoms with Crippen LogP contribution in [0.2, 0.25) is 5.02 Å². The standard InChI is InChI=1S/C20H31ClN4O/c1-16(17-5-7-18(21)8-6-17)24-19(22-2)23-15-20(9-13-26-14-10-20)25-11-3-4-12-25/h5-8,16H,3-4,9-15H2,1-2H3,(H2,22,23,24). The zero-order chi connectivity index (χ0) is 18.4. The van der Waals surface area contributed by atoms with Gasteiger partial charge in [0.15, 0.2) is 5.96 Å². The average molecular weight is 379 g/mol. The molecule has 1 unspecified atom stereocenters. The van der Waals surface area contributed by atoms with E-state index in [1.165, 1.54) is 31.5 Å². The number of halogens is 1. The third-order valence-corrected chi connectivity index (χ3v) is 5.98. The van der Waals surface area contributed by atoms with E-state index in [0.717, 1.165) is 43.6 Å². The minimum atomic E-state index is 0.163. The minimum absolute atomic E-state index is 0.163. The summed E-state index contributed by atoms with van der Waals surface area (Å²) in [6.07, 6.45) is 4.79. The molecule has 2 aliphatic heterocycles. The highest BCUT2D eigenvalue weighted by atomic mass is 35.5. The molecule has 1 aromatic rings. The van der Waals surface area contributed by atoms with Crippen LogP contribution < -0.4 is 10.6 Å². The van der Waals surface area contributed by atoms with Crippen molar-refractivity contribution in [3.05, 3.63) is 34.9 Å². The lowest BCUT2D eigenvalue weighted by Gasteiger charge is -2.45. The van der Waals surface area contributed by atoms with Gasteiger partial charge in [-0.1, -0.05) is 23.7 Å². The molecule has 144 valence electrons. The Kier molecular flexibility index (Phi) is 6.79. The van der Waals surface area contributed by atoms with E-state index in [2.05, 4.69) is 39.6 Å². The van der Waals surface area contributed by atoms with Gasteiger partial charge in [0.1, 0.15) is 0 Å². The fourth-order valence-electron chi connectivity index (χ4n) is 4.03. The summed E-state index contributed by atoms with van der Waals surface area (Å²) in [7, 11) is 1.83. The Morgan fingerprint density at radius 1 is 1.23 bits per heavy atom. The zero-order valence-electron chi connectivity index (χ0n) is 15.9. The highest BCUT2D eigenvalue weighted by Crippen LogP contribution is 2.30. The first-order chi connectivity index (χ1) is 12.6. The van der Waals surface area contributed by atoms with E-state index < -0.39 is 0 Å². The van der Waals surface area contributed by atoms with Crippen LogP contribution in [0.25, 0.3) is 0 Å². The molecule has 0 radical (unpaired) electrons. The van der Waals surface area contributed by atoms with Crippen LogP contribution in [0.1, 0.15) is 44.2 Å². The lowest BCUT2D eigenvalue weighted by Crippen LogP contribution is -2.58. The molecule has 1 atom stereocenters. The molecule has 2 fully saturated rings. The molecular weight excluding hydrogens is 348 g/mol. The van der Waals surface area contributed by atoms with Crippen LogP contribution in [-0.2, 0) is 4.74 Å². The Bertz CT molecular complexity index is 592. The minimum Gasteiger partial charge on any atom is -0.381 e. The first-order valence-electron chi connectivity index (χ1n) is 9.68. The van der Waals surface area contributed by atoms with Gasteiger partial charge in [-0.25, -0.2) is 0 Å². The van der Waals surface area contributed by atoms with Crippen LogP contribution in [0, 0.1) is 0 Å². The lowest BCUT2D eigenvalue weighted by atomic mass is 9.88. The smallest absolute Gasteiger partial charge is 0.191 e. The second-order valence-corrected chi connectivity index (χ2v) is 7.81. The van der Waals surface area contributed by atoms with E-state index >= 15 is 0 Å². The van der Waals surface area contributed by atoms with Crippen molar-refractivity contribution in [1.29, 1.82) is 0 Å². The van der Waals surface area contributed by atoms with E-state index in [1.807, 2.05) is 19.2 Å². The maximum atomic E-state index is 5.99. The van der Waals surface area contributed by atoms with Crippen molar-refractivity contribution < 1.29 is 4.74 Å². The molecule has 0 bridgehead atoms. The van der Waals surface area contributed by atoms with Crippen molar-refractivity contribution in [2.45, 2.75) is 44.2 Å². The van der Waals surface area contributed by atoms with Crippen molar-refractivity contribution in [2.75, 3.05) is 39.9 Å². The monoisotopic (exact) mass is 378 g/mol. The molecule has 0 amide bonds. The van der Waals surface area contributed by atoms with Crippen LogP contribution in [0.5, 0.6) is 0 Å². The Balaban J connectivity index is 1.60. The van der Waals surface area contributed by atoms with Crippen LogP contribution >= 0.6 is 11.6 Å². The van der Waals surface area contributed by atoms with E-state index in [-0.39, 0.29) is 11.6 Å². The molecule has 0 aliphatic carbocycles. The van der Waals surface area contributed by atoms with Crippen molar-refractivity contribution in [1.82, 2.24) is 15.5 Å². The molecule has 2 saturated heterocycles. The molecule has 3 rings (SSSR count). The lowest BCUT2D eigenvalue weighted by molar-refractivity contribution is -0.0164. The molecule has 26 heavy (non-hydrogen) atoms. The summed E-state index contributed by atoms with van der Waals surface area (Å²) in [6.45, 7) is 7.16. The molecule has 2 aliphatic rings. The number of hydrogen-bond acceptors (Lipinski definition) is 3. The molecule has 0 aromatic heterocycles. The second-order valence-electron chi connectivity index (χ2n) is 7.37. The summed E-state index contributed by atoms with van der Waals surface area (Å²) in [5.74, 6) is 0.845. The van der Waals surface area contributed by atoms with Crippen molar-refractivity contribution >= 4 is 17.6 Å². The van der Waals surface area contributed by atoms with Crippen LogP contribution in [0.15, 0.2) is 29.3 Å². The zero-order valence-corrected chi connectivity index (χ0v) is 16.7. The SMILES string of the molecule is CN=C(NCC1(N2CCCC2)CCOCC1)NC(C)c1ccc(Cl)cc1. The molecule has 2 heterocycles. The average Bonchev–Trinajstić information content (AvgIpc) is 3.22. The number of hydrogen-bond donors (Lipinski definition) is 2. The number of likely N-dealkylation sites (tertiary alicyclic amines) is 1. The van der Waals surface area contributed by atoms with Gasteiger partial charge in [0, 0.05) is 37.4 Å². The highest BCUT2D eigenvalue weighted by Gasteiger charge is 2.39.